The lowest BCUT2D eigenvalue weighted by Gasteiger charge is -2.39. The monoisotopic (exact) mass is 1880 g/mol. The van der Waals surface area contributed by atoms with Gasteiger partial charge in [0.1, 0.15) is 103 Å². The number of methoxy groups -OCH3 is 1. The van der Waals surface area contributed by atoms with Crippen molar-refractivity contribution in [3.63, 3.8) is 0 Å². The lowest BCUT2D eigenvalue weighted by atomic mass is 9.75. The maximum Gasteiger partial charge on any atom is 0.260 e. The number of alkyl halides is 1. The van der Waals surface area contributed by atoms with Crippen LogP contribution in [-0.2, 0) is 72.8 Å². The second-order valence-electron chi connectivity index (χ2n) is 34.1. The highest BCUT2D eigenvalue weighted by Crippen LogP contribution is 2.40. The number of hydrogen-bond acceptors (Lipinski definition) is 27. The van der Waals surface area contributed by atoms with Crippen molar-refractivity contribution in [1.82, 2.24) is 86.2 Å². The number of aromatic nitrogens is 5. The number of halogens is 4. The minimum atomic E-state index is -1.81. The molecule has 6 amide bonds. The van der Waals surface area contributed by atoms with Crippen molar-refractivity contribution in [2.24, 2.45) is 22.7 Å². The molecule has 6 N–H and O–H groups in total. The molecule has 33 nitrogen and oxygen atoms in total. The summed E-state index contributed by atoms with van der Waals surface area (Å²) >= 11 is 0. The fraction of sp³-hybridized carbons (Fsp3) is 0.588. The van der Waals surface area contributed by atoms with Crippen LogP contribution in [0.1, 0.15) is 185 Å². The fourth-order valence-corrected chi connectivity index (χ4v) is 18.3. The summed E-state index contributed by atoms with van der Waals surface area (Å²) < 4.78 is 81.4. The number of hydrogen-bond donors (Lipinski definition) is 6. The molecule has 732 valence electrons. The number of ether oxygens (including phenoxy) is 7. The Morgan fingerprint density at radius 3 is 1.12 bits per heavy atom. The minimum absolute atomic E-state index is 0. The van der Waals surface area contributed by atoms with E-state index in [2.05, 4.69) is 82.8 Å². The van der Waals surface area contributed by atoms with Crippen molar-refractivity contribution < 1.29 is 75.1 Å². The van der Waals surface area contributed by atoms with Gasteiger partial charge in [-0.3, -0.25) is 53.7 Å². The minimum Gasteiger partial charge on any atom is -0.491 e. The van der Waals surface area contributed by atoms with Crippen molar-refractivity contribution >= 4 is 47.9 Å². The van der Waals surface area contributed by atoms with Gasteiger partial charge in [-0.1, -0.05) is 69.2 Å². The number of pyridine rings is 5. The number of nitriles is 3. The standard InChI is InChI=1S/C17H22N4O2.C16H22N2O2.C15H17FN4O2.C15H20FN3O3.C15H18N4O2.C14H18FN3O2.5CH4.ClH/c1-2-17(3-5-19-6-4-17)16(22)21-7-8-23-15-13(9-18)10-20-11-14(15)12-21;1-16(6-8-17-9-7-16)15(19)18-10-11-20-14-5-3-2-4-13(14)12-18;16-15(1-3-18-4-2-15)14(21)20-5-6-22-13-11(7-17)8-19-9-12(13)10-20;1-21-15(2-4-17-5-3-15)14(20)19-6-7-22-13-11(10-19)8-18-9-12(13)16;16-7-12-8-18-9-13-10-19(5-6-21-14(12)13)15(20)11-1-3-17-4-2-11;15-12-8-17-7-11-9-18(5-6-20-13(11)12)14(19)10-1-3-16-4-2-10;;;;;;/h10-11,19H,2-8,12H2,1H3;2-5,17H,6-12H2,1H3;8-9,18H,1-6,10H2;8-9,17H,2-7,10H2,1H3;8-9,11,17H,1-6,10H2;7-8,10,16H,1-6,9H2;5*1H4;1H. The quantitative estimate of drug-likeness (QED) is 0.0825. The molecule has 6 fully saturated rings. The first-order chi connectivity index (χ1) is 62.2. The average Bonchev–Trinajstić information content (AvgIpc) is 1.32. The molecule has 6 saturated heterocycles. The molecule has 5 aromatic heterocycles. The van der Waals surface area contributed by atoms with Gasteiger partial charge in [-0.25, -0.2) is 13.2 Å². The maximum atomic E-state index is 14.9. The van der Waals surface area contributed by atoms with Crippen LogP contribution in [0.3, 0.4) is 0 Å². The Balaban J connectivity index is 0.000000218. The van der Waals surface area contributed by atoms with Crippen LogP contribution < -0.4 is 60.3 Å². The van der Waals surface area contributed by atoms with Crippen LogP contribution in [-0.4, -0.2) is 266 Å². The van der Waals surface area contributed by atoms with Crippen LogP contribution in [0.25, 0.3) is 0 Å². The zero-order valence-corrected chi connectivity index (χ0v) is 74.6. The van der Waals surface area contributed by atoms with Crippen LogP contribution in [0, 0.1) is 68.3 Å². The number of benzene rings is 1. The predicted octanol–water partition coefficient (Wildman–Crippen LogP) is 9.95. The first-order valence-corrected chi connectivity index (χ1v) is 44.7. The third-order valence-electron chi connectivity index (χ3n) is 26.0. The van der Waals surface area contributed by atoms with E-state index in [9.17, 15) is 47.2 Å². The molecule has 1 aromatic carbocycles. The summed E-state index contributed by atoms with van der Waals surface area (Å²) in [5, 5.41) is 46.9. The third kappa shape index (κ3) is 26.9. The molecule has 37 heteroatoms. The van der Waals surface area contributed by atoms with Crippen LogP contribution >= 0.6 is 12.4 Å². The number of amides is 6. The third-order valence-corrected chi connectivity index (χ3v) is 26.0. The number of rotatable bonds is 8. The summed E-state index contributed by atoms with van der Waals surface area (Å²) in [4.78, 5) is 107. The van der Waals surface area contributed by atoms with Gasteiger partial charge in [-0.15, -0.1) is 12.4 Å². The Morgan fingerprint density at radius 1 is 0.403 bits per heavy atom. The van der Waals surface area contributed by atoms with Crippen molar-refractivity contribution in [3.05, 3.63) is 148 Å². The summed E-state index contributed by atoms with van der Waals surface area (Å²) in [6.45, 7) is 21.6. The molecule has 6 aromatic rings. The van der Waals surface area contributed by atoms with E-state index in [0.29, 0.717) is 168 Å². The predicted molar refractivity (Wildman–Crippen MR) is 502 cm³/mol. The highest BCUT2D eigenvalue weighted by atomic mass is 35.5. The molecule has 0 aliphatic carbocycles. The van der Waals surface area contributed by atoms with Crippen molar-refractivity contribution in [2.75, 3.05) is 165 Å². The second-order valence-corrected chi connectivity index (χ2v) is 34.1. The SMILES string of the molecule is C.C.C.C.C.CC1(C(=O)N2CCOc3ccccc3C2)CCNCC1.CCC1(C(=O)N2CCOc3c(C#N)cncc3C2)CCNCC1.COC1(C(=O)N2CCOc3c(F)cncc3C2)CCNCC1.Cl.N#Cc1cncc2c1OCCN(C(=O)C1(F)CCNCC1)C2.N#Cc1cncc2c1OCCN(C(=O)C1CCNCC1)C2.O=C(C1CCNCC1)N1CCOc2c(F)cncc2C1. The summed E-state index contributed by atoms with van der Waals surface area (Å²) in [7, 11) is 1.58. The van der Waals surface area contributed by atoms with Crippen molar-refractivity contribution in [3.8, 4) is 52.7 Å². The van der Waals surface area contributed by atoms with Gasteiger partial charge in [0.15, 0.2) is 28.8 Å². The first kappa shape index (κ1) is 110. The van der Waals surface area contributed by atoms with Crippen LogP contribution in [0.5, 0.6) is 34.5 Å². The van der Waals surface area contributed by atoms with E-state index in [0.717, 1.165) is 158 Å². The van der Waals surface area contributed by atoms with Gasteiger partial charge in [0.2, 0.25) is 23.6 Å². The zero-order chi connectivity index (χ0) is 90.1. The Hall–Kier alpha value is -11.1. The Morgan fingerprint density at radius 2 is 0.716 bits per heavy atom. The fourth-order valence-electron chi connectivity index (χ4n) is 18.3. The molecule has 0 spiro atoms. The summed E-state index contributed by atoms with van der Waals surface area (Å²) in [6, 6.07) is 14.2. The number of carbonyl (C=O) groups excluding carboxylic acids is 6. The maximum absolute atomic E-state index is 14.9. The number of nitrogens with zero attached hydrogens (tertiary/aromatic N) is 14. The molecule has 12 aliphatic rings. The lowest BCUT2D eigenvalue weighted by molar-refractivity contribution is -0.159. The molecule has 12 aliphatic heterocycles. The number of nitrogens with one attached hydrogen (secondary N) is 6. The van der Waals surface area contributed by atoms with Gasteiger partial charge in [-0.05, 0) is 155 Å². The van der Waals surface area contributed by atoms with E-state index in [4.69, 9.17) is 43.7 Å². The van der Waals surface area contributed by atoms with E-state index in [1.807, 2.05) is 45.0 Å². The summed E-state index contributed by atoms with van der Waals surface area (Å²) in [5.74, 6) is 2.44. The Kier molecular flexibility index (Phi) is 43.2. The van der Waals surface area contributed by atoms with E-state index < -0.39 is 28.8 Å². The van der Waals surface area contributed by atoms with E-state index in [-0.39, 0.29) is 152 Å². The lowest BCUT2D eigenvalue weighted by Crippen LogP contribution is -2.55. The Labute approximate surface area is 793 Å². The highest BCUT2D eigenvalue weighted by molar-refractivity contribution is 5.87. The number of carbonyl (C=O) groups is 6. The van der Waals surface area contributed by atoms with Gasteiger partial charge < -0.3 is 94.5 Å². The van der Waals surface area contributed by atoms with Crippen LogP contribution in [0.2, 0.25) is 0 Å². The van der Waals surface area contributed by atoms with Gasteiger partial charge in [0, 0.05) is 127 Å². The summed E-state index contributed by atoms with van der Waals surface area (Å²) in [6.07, 6.45) is 24.4. The van der Waals surface area contributed by atoms with Gasteiger partial charge in [-0.2, -0.15) is 15.8 Å². The second kappa shape index (κ2) is 52.7. The van der Waals surface area contributed by atoms with Crippen molar-refractivity contribution in [1.29, 1.82) is 15.8 Å². The van der Waals surface area contributed by atoms with Crippen LogP contribution in [0.4, 0.5) is 13.2 Å². The van der Waals surface area contributed by atoms with Gasteiger partial charge >= 0.3 is 0 Å². The molecule has 0 radical (unpaired) electrons. The number of piperidine rings is 6. The molecule has 0 atom stereocenters. The van der Waals surface area contributed by atoms with Gasteiger partial charge in [0.25, 0.3) is 11.8 Å². The van der Waals surface area contributed by atoms with E-state index in [1.54, 1.807) is 47.9 Å². The molecule has 0 saturated carbocycles. The average molecular weight is 1880 g/mol. The largest absolute Gasteiger partial charge is 0.491 e. The van der Waals surface area contributed by atoms with Gasteiger partial charge in [0.05, 0.1) is 89.8 Å². The molecule has 0 bridgehead atoms. The van der Waals surface area contributed by atoms with E-state index >= 15 is 0 Å². The summed E-state index contributed by atoms with van der Waals surface area (Å²) in [5.41, 5.74) is 2.72. The van der Waals surface area contributed by atoms with E-state index in [1.165, 1.54) is 23.5 Å². The topological polar surface area (TPSA) is 394 Å². The molecule has 17 heterocycles. The van der Waals surface area contributed by atoms with Crippen LogP contribution in [0.15, 0.2) is 86.2 Å². The molecule has 134 heavy (non-hydrogen) atoms. The Bertz CT molecular complexity index is 4970. The molecule has 18 rings (SSSR count). The molecule has 0 unspecified atom stereocenters. The smallest absolute Gasteiger partial charge is 0.260 e. The number of fused-ring (bicyclic) bond motifs is 6. The highest BCUT2D eigenvalue weighted by Gasteiger charge is 2.47. The normalized spacial score (nSPS) is 19.3. The first-order valence-electron chi connectivity index (χ1n) is 44.7. The molecular weight excluding hydrogens is 1750 g/mol. The molecular formula is C97H138ClF3N20O13. The zero-order valence-electron chi connectivity index (χ0n) is 73.8. The van der Waals surface area contributed by atoms with Crippen molar-refractivity contribution in [2.45, 2.75) is 185 Å². The number of para-hydroxylation sites is 1.